The highest BCUT2D eigenvalue weighted by molar-refractivity contribution is 6.06. The molecule has 22 heavy (non-hydrogen) atoms. The number of carbonyl (C=O) groups is 1. The molecule has 110 valence electrons. The number of aromatic nitrogens is 1. The fraction of sp³-hybridized carbons (Fsp3) is 0. The summed E-state index contributed by atoms with van der Waals surface area (Å²) in [6.45, 7) is 0. The predicted octanol–water partition coefficient (Wildman–Crippen LogP) is 2.34. The summed E-state index contributed by atoms with van der Waals surface area (Å²) in [5.41, 5.74) is 4.15. The highest BCUT2D eigenvalue weighted by Crippen LogP contribution is 2.21. The Morgan fingerprint density at radius 1 is 1.18 bits per heavy atom. The van der Waals surface area contributed by atoms with E-state index in [9.17, 15) is 15.0 Å². The van der Waals surface area contributed by atoms with Crippen LogP contribution in [0.4, 0.5) is 0 Å². The molecule has 1 heterocycles. The average molecular weight is 295 g/mol. The van der Waals surface area contributed by atoms with Gasteiger partial charge in [-0.15, -0.1) is 0 Å². The van der Waals surface area contributed by atoms with Crippen LogP contribution in [0, 0.1) is 0 Å². The Balaban J connectivity index is 1.76. The molecule has 0 aliphatic heterocycles. The lowest BCUT2D eigenvalue weighted by molar-refractivity contribution is 0.0957. The van der Waals surface area contributed by atoms with Crippen LogP contribution in [0.2, 0.25) is 0 Å². The number of H-pyrrole nitrogens is 1. The van der Waals surface area contributed by atoms with Crippen molar-refractivity contribution in [2.45, 2.75) is 0 Å². The number of para-hydroxylation sites is 1. The Hall–Kier alpha value is -3.28. The molecule has 0 saturated carbocycles. The molecule has 0 bridgehead atoms. The van der Waals surface area contributed by atoms with Crippen molar-refractivity contribution >= 4 is 23.0 Å². The molecule has 3 rings (SSSR count). The van der Waals surface area contributed by atoms with Gasteiger partial charge in [-0.1, -0.05) is 18.2 Å². The van der Waals surface area contributed by atoms with Crippen molar-refractivity contribution < 1.29 is 15.0 Å². The topological polar surface area (TPSA) is 97.7 Å². The van der Waals surface area contributed by atoms with Gasteiger partial charge in [0.15, 0.2) is 0 Å². The number of hydrogen-bond acceptors (Lipinski definition) is 4. The van der Waals surface area contributed by atoms with Crippen LogP contribution in [0.3, 0.4) is 0 Å². The lowest BCUT2D eigenvalue weighted by Gasteiger charge is -2.00. The number of rotatable bonds is 3. The molecule has 0 fully saturated rings. The Bertz CT molecular complexity index is 868. The molecule has 0 spiro atoms. The van der Waals surface area contributed by atoms with Gasteiger partial charge in [-0.05, 0) is 18.2 Å². The lowest BCUT2D eigenvalue weighted by Crippen LogP contribution is -2.17. The first-order chi connectivity index (χ1) is 10.6. The van der Waals surface area contributed by atoms with Crippen LogP contribution in [0.25, 0.3) is 10.9 Å². The molecule has 0 radical (unpaired) electrons. The molecule has 0 saturated heterocycles. The molecule has 0 atom stereocenters. The number of aromatic hydroxyl groups is 2. The summed E-state index contributed by atoms with van der Waals surface area (Å²) < 4.78 is 0. The molecular formula is C16H13N3O3. The third-order valence-corrected chi connectivity index (χ3v) is 3.22. The van der Waals surface area contributed by atoms with E-state index >= 15 is 0 Å². The van der Waals surface area contributed by atoms with Gasteiger partial charge in [0.25, 0.3) is 5.91 Å². The van der Waals surface area contributed by atoms with Crippen LogP contribution < -0.4 is 5.43 Å². The number of benzene rings is 2. The summed E-state index contributed by atoms with van der Waals surface area (Å²) in [5, 5.41) is 23.4. The van der Waals surface area contributed by atoms with Crippen molar-refractivity contribution in [1.29, 1.82) is 0 Å². The SMILES string of the molecule is O=C(NN=Cc1ccc(O)cc1O)c1c[nH]c2ccccc12. The third kappa shape index (κ3) is 2.62. The number of carbonyl (C=O) groups excluding carboxylic acids is 1. The first kappa shape index (κ1) is 13.7. The van der Waals surface area contributed by atoms with Gasteiger partial charge in [0.1, 0.15) is 11.5 Å². The summed E-state index contributed by atoms with van der Waals surface area (Å²) in [6, 6.07) is 11.6. The maximum Gasteiger partial charge on any atom is 0.273 e. The van der Waals surface area contributed by atoms with Crippen LogP contribution in [-0.4, -0.2) is 27.3 Å². The van der Waals surface area contributed by atoms with Crippen molar-refractivity contribution in [3.8, 4) is 11.5 Å². The number of phenols is 2. The predicted molar refractivity (Wildman–Crippen MR) is 83.1 cm³/mol. The minimum absolute atomic E-state index is 0.0440. The highest BCUT2D eigenvalue weighted by Gasteiger charge is 2.10. The molecule has 2 aromatic carbocycles. The average Bonchev–Trinajstić information content (AvgIpc) is 2.93. The number of phenolic OH excluding ortho intramolecular Hbond substituents is 2. The van der Waals surface area contributed by atoms with E-state index in [4.69, 9.17) is 0 Å². The molecule has 1 amide bonds. The van der Waals surface area contributed by atoms with E-state index in [1.165, 1.54) is 24.4 Å². The summed E-state index contributed by atoms with van der Waals surface area (Å²) >= 11 is 0. The molecule has 3 aromatic rings. The largest absolute Gasteiger partial charge is 0.508 e. The van der Waals surface area contributed by atoms with Gasteiger partial charge in [0, 0.05) is 28.7 Å². The first-order valence-corrected chi connectivity index (χ1v) is 6.56. The van der Waals surface area contributed by atoms with Gasteiger partial charge in [-0.2, -0.15) is 5.10 Å². The van der Waals surface area contributed by atoms with E-state index in [1.807, 2.05) is 24.3 Å². The van der Waals surface area contributed by atoms with E-state index in [-0.39, 0.29) is 17.4 Å². The molecule has 6 heteroatoms. The maximum absolute atomic E-state index is 12.1. The van der Waals surface area contributed by atoms with Crippen molar-refractivity contribution in [1.82, 2.24) is 10.4 Å². The van der Waals surface area contributed by atoms with Crippen molar-refractivity contribution in [2.24, 2.45) is 5.10 Å². The van der Waals surface area contributed by atoms with Gasteiger partial charge in [-0.25, -0.2) is 5.43 Å². The molecule has 0 aliphatic carbocycles. The molecule has 0 unspecified atom stereocenters. The minimum Gasteiger partial charge on any atom is -0.508 e. The quantitative estimate of drug-likeness (QED) is 0.441. The van der Waals surface area contributed by atoms with E-state index in [0.29, 0.717) is 11.1 Å². The van der Waals surface area contributed by atoms with Crippen LogP contribution >= 0.6 is 0 Å². The maximum atomic E-state index is 12.1. The summed E-state index contributed by atoms with van der Waals surface area (Å²) in [4.78, 5) is 15.1. The molecule has 4 N–H and O–H groups in total. The van der Waals surface area contributed by atoms with Crippen molar-refractivity contribution in [3.63, 3.8) is 0 Å². The third-order valence-electron chi connectivity index (χ3n) is 3.22. The van der Waals surface area contributed by atoms with Gasteiger partial charge >= 0.3 is 0 Å². The number of hydrazone groups is 1. The second kappa shape index (κ2) is 5.61. The number of amides is 1. The number of fused-ring (bicyclic) bond motifs is 1. The number of nitrogens with one attached hydrogen (secondary N) is 2. The van der Waals surface area contributed by atoms with Crippen LogP contribution in [0.5, 0.6) is 11.5 Å². The van der Waals surface area contributed by atoms with Gasteiger partial charge in [-0.3, -0.25) is 4.79 Å². The Morgan fingerprint density at radius 2 is 2.00 bits per heavy atom. The summed E-state index contributed by atoms with van der Waals surface area (Å²) in [6.07, 6.45) is 2.93. The van der Waals surface area contributed by atoms with E-state index < -0.39 is 0 Å². The zero-order valence-electron chi connectivity index (χ0n) is 11.4. The molecule has 1 aromatic heterocycles. The Kier molecular flexibility index (Phi) is 3.49. The fourth-order valence-corrected chi connectivity index (χ4v) is 2.12. The standard InChI is InChI=1S/C16H13N3O3/c20-11-6-5-10(15(21)7-11)8-18-19-16(22)13-9-17-14-4-2-1-3-12(13)14/h1-9,17,20-21H,(H,19,22). The van der Waals surface area contributed by atoms with Crippen LogP contribution in [0.1, 0.15) is 15.9 Å². The Morgan fingerprint density at radius 3 is 2.82 bits per heavy atom. The van der Waals surface area contributed by atoms with Gasteiger partial charge < -0.3 is 15.2 Å². The second-order valence-corrected chi connectivity index (χ2v) is 4.69. The number of hydrogen-bond donors (Lipinski definition) is 4. The normalized spacial score (nSPS) is 11.1. The van der Waals surface area contributed by atoms with E-state index in [1.54, 1.807) is 6.20 Å². The number of nitrogens with zero attached hydrogens (tertiary/aromatic N) is 1. The Labute approximate surface area is 125 Å². The molecule has 6 nitrogen and oxygen atoms in total. The highest BCUT2D eigenvalue weighted by atomic mass is 16.3. The zero-order valence-corrected chi connectivity index (χ0v) is 11.4. The first-order valence-electron chi connectivity index (χ1n) is 6.56. The van der Waals surface area contributed by atoms with E-state index in [2.05, 4.69) is 15.5 Å². The minimum atomic E-state index is -0.355. The van der Waals surface area contributed by atoms with Gasteiger partial charge in [0.05, 0.1) is 11.8 Å². The summed E-state index contributed by atoms with van der Waals surface area (Å²) in [7, 11) is 0. The van der Waals surface area contributed by atoms with Crippen LogP contribution in [-0.2, 0) is 0 Å². The zero-order chi connectivity index (χ0) is 15.5. The van der Waals surface area contributed by atoms with Crippen molar-refractivity contribution in [3.05, 3.63) is 59.8 Å². The summed E-state index contributed by atoms with van der Waals surface area (Å²) in [5.74, 6) is -0.519. The van der Waals surface area contributed by atoms with Crippen LogP contribution in [0.15, 0.2) is 53.8 Å². The monoisotopic (exact) mass is 295 g/mol. The molecular weight excluding hydrogens is 282 g/mol. The molecule has 0 aliphatic rings. The smallest absolute Gasteiger partial charge is 0.273 e. The lowest BCUT2D eigenvalue weighted by atomic mass is 10.2. The van der Waals surface area contributed by atoms with Crippen molar-refractivity contribution in [2.75, 3.05) is 0 Å². The second-order valence-electron chi connectivity index (χ2n) is 4.69. The van der Waals surface area contributed by atoms with E-state index in [0.717, 1.165) is 10.9 Å². The van der Waals surface area contributed by atoms with Gasteiger partial charge in [0.2, 0.25) is 0 Å². The number of aromatic amines is 1. The fourth-order valence-electron chi connectivity index (χ4n) is 2.12.